The van der Waals surface area contributed by atoms with Crippen LogP contribution in [0.2, 0.25) is 0 Å². The maximum Gasteiger partial charge on any atom is 0.141 e. The van der Waals surface area contributed by atoms with E-state index in [9.17, 15) is 0 Å². The van der Waals surface area contributed by atoms with Gasteiger partial charge in [-0.15, -0.1) is 0 Å². The van der Waals surface area contributed by atoms with Gasteiger partial charge in [0, 0.05) is 12.7 Å². The van der Waals surface area contributed by atoms with Crippen LogP contribution in [-0.2, 0) is 6.54 Å². The third kappa shape index (κ3) is 2.23. The van der Waals surface area contributed by atoms with E-state index in [4.69, 9.17) is 5.73 Å². The zero-order chi connectivity index (χ0) is 9.10. The van der Waals surface area contributed by atoms with Crippen LogP contribution in [0.25, 0.3) is 0 Å². The first-order valence-electron chi connectivity index (χ1n) is 5.12. The van der Waals surface area contributed by atoms with Crippen molar-refractivity contribution >= 4 is 5.82 Å². The quantitative estimate of drug-likeness (QED) is 0.755. The van der Waals surface area contributed by atoms with Crippen LogP contribution in [0.4, 0.5) is 5.82 Å². The van der Waals surface area contributed by atoms with Crippen molar-refractivity contribution in [1.82, 2.24) is 9.55 Å². The Balaban J connectivity index is 1.89. The van der Waals surface area contributed by atoms with Crippen molar-refractivity contribution in [2.24, 2.45) is 5.92 Å². The lowest BCUT2D eigenvalue weighted by atomic mass is 9.89. The lowest BCUT2D eigenvalue weighted by molar-refractivity contribution is 0.319. The topological polar surface area (TPSA) is 43.8 Å². The van der Waals surface area contributed by atoms with Crippen LogP contribution in [0.3, 0.4) is 0 Å². The molecular formula is C10H17N3. The van der Waals surface area contributed by atoms with E-state index in [2.05, 4.69) is 9.55 Å². The van der Waals surface area contributed by atoms with Crippen molar-refractivity contribution in [1.29, 1.82) is 0 Å². The van der Waals surface area contributed by atoms with Crippen LogP contribution in [0, 0.1) is 5.92 Å². The largest absolute Gasteiger partial charge is 0.382 e. The number of hydrogen-bond acceptors (Lipinski definition) is 2. The molecule has 0 atom stereocenters. The molecule has 0 unspecified atom stereocenters. The molecule has 1 aromatic heterocycles. The molecule has 0 bridgehead atoms. The number of imidazole rings is 1. The molecule has 1 heterocycles. The van der Waals surface area contributed by atoms with Gasteiger partial charge in [0.1, 0.15) is 5.82 Å². The van der Waals surface area contributed by atoms with Gasteiger partial charge in [-0.25, -0.2) is 4.98 Å². The maximum atomic E-state index is 5.55. The number of nitrogens with zero attached hydrogens (tertiary/aromatic N) is 2. The maximum absolute atomic E-state index is 5.55. The van der Waals surface area contributed by atoms with Gasteiger partial charge in [0.15, 0.2) is 0 Å². The number of anilines is 1. The van der Waals surface area contributed by atoms with Crippen molar-refractivity contribution in [3.05, 3.63) is 12.5 Å². The van der Waals surface area contributed by atoms with Gasteiger partial charge in [-0.1, -0.05) is 19.3 Å². The van der Waals surface area contributed by atoms with Gasteiger partial charge in [0.25, 0.3) is 0 Å². The van der Waals surface area contributed by atoms with Gasteiger partial charge in [0.05, 0.1) is 6.33 Å². The van der Waals surface area contributed by atoms with Gasteiger partial charge in [0.2, 0.25) is 0 Å². The lowest BCUT2D eigenvalue weighted by Crippen LogP contribution is -2.12. The van der Waals surface area contributed by atoms with E-state index < -0.39 is 0 Å². The highest BCUT2D eigenvalue weighted by atomic mass is 15.1. The van der Waals surface area contributed by atoms with E-state index >= 15 is 0 Å². The average molecular weight is 179 g/mol. The van der Waals surface area contributed by atoms with Crippen molar-refractivity contribution in [3.8, 4) is 0 Å². The Bertz CT molecular complexity index is 261. The van der Waals surface area contributed by atoms with E-state index in [1.54, 1.807) is 0 Å². The molecule has 13 heavy (non-hydrogen) atoms. The standard InChI is InChI=1S/C10H17N3/c11-10-7-13(8-12-10)6-9-4-2-1-3-5-9/h7-9H,1-6,11H2. The van der Waals surface area contributed by atoms with Gasteiger partial charge >= 0.3 is 0 Å². The molecule has 0 radical (unpaired) electrons. The van der Waals surface area contributed by atoms with Crippen molar-refractivity contribution < 1.29 is 0 Å². The Hall–Kier alpha value is -0.990. The summed E-state index contributed by atoms with van der Waals surface area (Å²) in [4.78, 5) is 4.02. The molecular weight excluding hydrogens is 162 g/mol. The van der Waals surface area contributed by atoms with Crippen LogP contribution in [0.15, 0.2) is 12.5 Å². The van der Waals surface area contributed by atoms with Crippen molar-refractivity contribution in [3.63, 3.8) is 0 Å². The lowest BCUT2D eigenvalue weighted by Gasteiger charge is -2.21. The minimum Gasteiger partial charge on any atom is -0.382 e. The van der Waals surface area contributed by atoms with Gasteiger partial charge in [-0.3, -0.25) is 0 Å². The summed E-state index contributed by atoms with van der Waals surface area (Å²) in [6, 6.07) is 0. The number of hydrogen-bond donors (Lipinski definition) is 1. The Kier molecular flexibility index (Phi) is 2.52. The molecule has 0 saturated heterocycles. The molecule has 3 nitrogen and oxygen atoms in total. The fourth-order valence-electron chi connectivity index (χ4n) is 2.15. The molecule has 1 aliphatic rings. The summed E-state index contributed by atoms with van der Waals surface area (Å²) < 4.78 is 2.12. The second-order valence-corrected chi connectivity index (χ2v) is 4.00. The summed E-state index contributed by atoms with van der Waals surface area (Å²) in [5, 5.41) is 0. The van der Waals surface area contributed by atoms with Gasteiger partial charge in [-0.2, -0.15) is 0 Å². The van der Waals surface area contributed by atoms with E-state index in [-0.39, 0.29) is 0 Å². The molecule has 0 amide bonds. The summed E-state index contributed by atoms with van der Waals surface area (Å²) >= 11 is 0. The highest BCUT2D eigenvalue weighted by Crippen LogP contribution is 2.24. The molecule has 0 aromatic carbocycles. The van der Waals surface area contributed by atoms with Gasteiger partial charge < -0.3 is 10.3 Å². The fourth-order valence-corrected chi connectivity index (χ4v) is 2.15. The SMILES string of the molecule is Nc1cn(CC2CCCCC2)cn1. The molecule has 2 rings (SSSR count). The zero-order valence-corrected chi connectivity index (χ0v) is 7.95. The van der Waals surface area contributed by atoms with E-state index in [0.29, 0.717) is 5.82 Å². The van der Waals surface area contributed by atoms with E-state index in [1.807, 2.05) is 12.5 Å². The average Bonchev–Trinajstić information content (AvgIpc) is 2.53. The molecule has 2 N–H and O–H groups in total. The summed E-state index contributed by atoms with van der Waals surface area (Å²) in [5.74, 6) is 1.48. The number of nitrogens with two attached hydrogens (primary N) is 1. The normalized spacial score (nSPS) is 19.1. The van der Waals surface area contributed by atoms with Crippen LogP contribution < -0.4 is 5.73 Å². The summed E-state index contributed by atoms with van der Waals surface area (Å²) in [6.45, 7) is 1.10. The summed E-state index contributed by atoms with van der Waals surface area (Å²) in [5.41, 5.74) is 5.55. The Morgan fingerprint density at radius 1 is 1.38 bits per heavy atom. The van der Waals surface area contributed by atoms with Crippen LogP contribution in [0.5, 0.6) is 0 Å². The van der Waals surface area contributed by atoms with Crippen LogP contribution in [0.1, 0.15) is 32.1 Å². The molecule has 3 heteroatoms. The second-order valence-electron chi connectivity index (χ2n) is 4.00. The van der Waals surface area contributed by atoms with Crippen molar-refractivity contribution in [2.45, 2.75) is 38.6 Å². The second kappa shape index (κ2) is 3.81. The minimum atomic E-state index is 0.635. The first-order valence-corrected chi connectivity index (χ1v) is 5.12. The predicted molar refractivity (Wildman–Crippen MR) is 53.2 cm³/mol. The van der Waals surface area contributed by atoms with Crippen LogP contribution in [-0.4, -0.2) is 9.55 Å². The highest BCUT2D eigenvalue weighted by Gasteiger charge is 2.13. The third-order valence-corrected chi connectivity index (χ3v) is 2.85. The number of rotatable bonds is 2. The van der Waals surface area contributed by atoms with Crippen molar-refractivity contribution in [2.75, 3.05) is 5.73 Å². The third-order valence-electron chi connectivity index (χ3n) is 2.85. The molecule has 1 aromatic rings. The predicted octanol–water partition coefficient (Wildman–Crippen LogP) is 2.05. The molecule has 1 aliphatic carbocycles. The minimum absolute atomic E-state index is 0.635. The zero-order valence-electron chi connectivity index (χ0n) is 7.95. The highest BCUT2D eigenvalue weighted by molar-refractivity contribution is 5.22. The Morgan fingerprint density at radius 2 is 2.15 bits per heavy atom. The molecule has 0 aliphatic heterocycles. The van der Waals surface area contributed by atoms with Gasteiger partial charge in [-0.05, 0) is 18.8 Å². The first-order chi connectivity index (χ1) is 6.34. The Labute approximate surface area is 79.0 Å². The monoisotopic (exact) mass is 179 g/mol. The van der Waals surface area contributed by atoms with Crippen LogP contribution >= 0.6 is 0 Å². The number of aromatic nitrogens is 2. The first kappa shape index (κ1) is 8.60. The molecule has 1 fully saturated rings. The molecule has 0 spiro atoms. The Morgan fingerprint density at radius 3 is 2.77 bits per heavy atom. The summed E-state index contributed by atoms with van der Waals surface area (Å²) in [7, 11) is 0. The fraction of sp³-hybridized carbons (Fsp3) is 0.700. The molecule has 72 valence electrons. The smallest absolute Gasteiger partial charge is 0.141 e. The van der Waals surface area contributed by atoms with E-state index in [1.165, 1.54) is 32.1 Å². The summed E-state index contributed by atoms with van der Waals surface area (Å²) in [6.07, 6.45) is 10.7. The number of nitrogen functional groups attached to an aromatic ring is 1. The van der Waals surface area contributed by atoms with E-state index in [0.717, 1.165) is 12.5 Å². The molecule has 1 saturated carbocycles.